The number of benzene rings is 10. The second-order valence-corrected chi connectivity index (χ2v) is 28.5. The molecule has 0 fully saturated rings. The first-order valence-corrected chi connectivity index (χ1v) is 38.6. The summed E-state index contributed by atoms with van der Waals surface area (Å²) < 4.78 is 31.6. The Labute approximate surface area is 672 Å². The van der Waals surface area contributed by atoms with Crippen LogP contribution < -0.4 is 53.1 Å². The summed E-state index contributed by atoms with van der Waals surface area (Å²) in [4.78, 5) is 46.4. The van der Waals surface area contributed by atoms with Gasteiger partial charge < -0.3 is 67.7 Å². The summed E-state index contributed by atoms with van der Waals surface area (Å²) in [6.07, 6.45) is 0. The van der Waals surface area contributed by atoms with Crippen LogP contribution in [0.4, 0.5) is 34.1 Å². The van der Waals surface area contributed by atoms with Crippen molar-refractivity contribution >= 4 is 40.0 Å². The lowest BCUT2D eigenvalue weighted by molar-refractivity contribution is 0.0963. The molecule has 0 radical (unpaired) electrons. The number of imidazole rings is 3. The van der Waals surface area contributed by atoms with Crippen molar-refractivity contribution in [1.29, 1.82) is 0 Å². The molecule has 590 valence electrons. The first kappa shape index (κ1) is 82.1. The topological polar surface area (TPSA) is 167 Å². The molecule has 3 heterocycles. The summed E-state index contributed by atoms with van der Waals surface area (Å²) in [5.41, 5.74) is 23.1. The van der Waals surface area contributed by atoms with Crippen LogP contribution in [0.5, 0.6) is 34.5 Å². The summed E-state index contributed by atoms with van der Waals surface area (Å²) in [7, 11) is 24.2. The van der Waals surface area contributed by atoms with E-state index in [1.807, 2.05) is 137 Å². The molecule has 19 nitrogen and oxygen atoms in total. The molecular weight excluding hydrogens is 1420 g/mol. The van der Waals surface area contributed by atoms with Gasteiger partial charge in [-0.25, -0.2) is 15.0 Å². The minimum absolute atomic E-state index is 0.144. The van der Waals surface area contributed by atoms with Crippen LogP contribution in [0.2, 0.25) is 0 Å². The largest absolute Gasteiger partial charge is 0.504 e. The normalized spacial score (nSPS) is 10.9. The number of H-pyrrole nitrogens is 1. The maximum Gasteiger partial charge on any atom is 0.264 e. The Morgan fingerprint density at radius 1 is 0.395 bits per heavy atom. The second-order valence-electron chi connectivity index (χ2n) is 28.5. The minimum atomic E-state index is -0.290. The van der Waals surface area contributed by atoms with Crippen LogP contribution in [-0.4, -0.2) is 158 Å². The van der Waals surface area contributed by atoms with Crippen LogP contribution in [-0.2, 0) is 6.54 Å². The van der Waals surface area contributed by atoms with E-state index in [1.54, 1.807) is 50.2 Å². The van der Waals surface area contributed by atoms with Crippen molar-refractivity contribution < 1.29 is 33.6 Å². The van der Waals surface area contributed by atoms with E-state index in [0.717, 1.165) is 163 Å². The maximum absolute atomic E-state index is 14.4. The highest BCUT2D eigenvalue weighted by Gasteiger charge is 2.30. The van der Waals surface area contributed by atoms with Gasteiger partial charge in [0, 0.05) is 185 Å². The molecule has 3 aromatic heterocycles. The summed E-state index contributed by atoms with van der Waals surface area (Å²) in [5.74, 6) is 4.63. The fourth-order valence-corrected chi connectivity index (χ4v) is 14.3. The molecule has 2 N–H and O–H groups in total. The number of carbonyl (C=O) groups is 1. The van der Waals surface area contributed by atoms with Crippen LogP contribution >= 0.6 is 0 Å². The number of nitrogens with one attached hydrogen (secondary N) is 1. The fraction of sp³-hybridized carbons (Fsp3) is 0.263. The SMILES string of the molecule is CCN(CC)c1ccc(-c2nc(-c3cc(OC)cc(OC)c3)n(CC)c2-c2ccc(N(CC)CC)cc2)cc1.COc1c(C)cc(-c2nc(-c3ccc(N(C)C)cc3)c(-c3ccc(N(C)C)cc3)[nH]2)cc1C.COc1cc(OC)c(O)c(-c2nc(-c3ccc(N(C)C)cc3)c(-c3ccc(N(C)C)cc3)n2C(=O)c2ccccc2)c1. The molecule has 0 unspecified atom stereocenters. The molecule has 0 amide bonds. The van der Waals surface area contributed by atoms with Crippen LogP contribution in [0.25, 0.3) is 102 Å². The van der Waals surface area contributed by atoms with Crippen molar-refractivity contribution in [2.75, 3.05) is 148 Å². The number of carbonyl (C=O) groups excluding carboxylic acids is 1. The fourth-order valence-electron chi connectivity index (χ4n) is 14.3. The first-order chi connectivity index (χ1) is 55.0. The zero-order valence-electron chi connectivity index (χ0n) is 69.6. The number of phenolic OH excluding ortho intramolecular Hbond substituents is 1. The third kappa shape index (κ3) is 17.9. The molecule has 10 aromatic carbocycles. The number of aryl methyl sites for hydroxylation is 2. The summed E-state index contributed by atoms with van der Waals surface area (Å²) >= 11 is 0. The Kier molecular flexibility index (Phi) is 26.6. The standard InChI is InChI=1S/C34H34N4O4.C33H42N4O2.C28H32N4O/c1-36(2)25-16-12-22(13-17-25)30-31(23-14-18-26(19-15-23)37(3)4)38(34(40)24-10-8-7-9-11-24)33(35-30)28-20-27(41-5)21-29(42-6)32(28)39;1-8-35(9-2)27-17-13-24(14-18-27)31-32(25-15-19-28(20-16-25)36(10-3)11-4)37(12-5)33(34-31)26-21-29(38-6)23-30(22-26)39-7;1-18-16-22(17-19(2)27(18)33-7)28-29-25(20-8-12-23(13-9-20)31(3)4)26(30-28)21-10-14-24(15-11-21)32(5)6/h7-21,39H,1-6H3;13-23H,8-12H2,1-7H3;8-17H,1-7H3,(H,29,30). The molecular formula is C95H108N12O7. The van der Waals surface area contributed by atoms with E-state index in [9.17, 15) is 9.90 Å². The summed E-state index contributed by atoms with van der Waals surface area (Å²) in [6, 6.07) is 73.2. The van der Waals surface area contributed by atoms with Crippen molar-refractivity contribution in [2.45, 2.75) is 55.0 Å². The number of aromatic nitrogens is 6. The van der Waals surface area contributed by atoms with E-state index in [0.29, 0.717) is 28.3 Å². The van der Waals surface area contributed by atoms with Gasteiger partial charge in [0.05, 0.1) is 75.3 Å². The Hall–Kier alpha value is -12.9. The van der Waals surface area contributed by atoms with Crippen LogP contribution in [0.3, 0.4) is 0 Å². The quantitative estimate of drug-likeness (QED) is 0.0525. The van der Waals surface area contributed by atoms with Gasteiger partial charge in [0.25, 0.3) is 5.91 Å². The Bertz CT molecular complexity index is 5260. The molecule has 0 aliphatic heterocycles. The molecule has 0 aliphatic carbocycles. The zero-order valence-corrected chi connectivity index (χ0v) is 69.6. The third-order valence-electron chi connectivity index (χ3n) is 20.6. The first-order valence-electron chi connectivity index (χ1n) is 38.6. The van der Waals surface area contributed by atoms with Crippen molar-refractivity contribution in [3.63, 3.8) is 0 Å². The lowest BCUT2D eigenvalue weighted by Gasteiger charge is -2.21. The van der Waals surface area contributed by atoms with Gasteiger partial charge >= 0.3 is 0 Å². The lowest BCUT2D eigenvalue weighted by atomic mass is 10.0. The molecule has 13 aromatic rings. The molecule has 114 heavy (non-hydrogen) atoms. The molecule has 0 spiro atoms. The van der Waals surface area contributed by atoms with Gasteiger partial charge in [0.15, 0.2) is 17.3 Å². The van der Waals surface area contributed by atoms with E-state index in [-0.39, 0.29) is 23.2 Å². The Morgan fingerprint density at radius 3 is 1.20 bits per heavy atom. The van der Waals surface area contributed by atoms with Crippen LogP contribution in [0, 0.1) is 13.8 Å². The van der Waals surface area contributed by atoms with E-state index >= 15 is 0 Å². The summed E-state index contributed by atoms with van der Waals surface area (Å²) in [5, 5.41) is 11.3. The number of rotatable bonds is 26. The van der Waals surface area contributed by atoms with E-state index < -0.39 is 0 Å². The Balaban J connectivity index is 0.000000170. The highest BCUT2D eigenvalue weighted by atomic mass is 16.5. The predicted molar refractivity (Wildman–Crippen MR) is 472 cm³/mol. The van der Waals surface area contributed by atoms with Gasteiger partial charge in [-0.3, -0.25) is 9.36 Å². The monoisotopic (exact) mass is 1530 g/mol. The molecule has 19 heteroatoms. The molecule has 0 saturated heterocycles. The molecule has 0 aliphatic rings. The Morgan fingerprint density at radius 2 is 0.789 bits per heavy atom. The number of hydrogen-bond donors (Lipinski definition) is 2. The second kappa shape index (κ2) is 37.0. The highest BCUT2D eigenvalue weighted by Crippen LogP contribution is 2.46. The third-order valence-corrected chi connectivity index (χ3v) is 20.6. The minimum Gasteiger partial charge on any atom is -0.504 e. The molecule has 0 atom stereocenters. The predicted octanol–water partition coefficient (Wildman–Crippen LogP) is 20.2. The number of methoxy groups -OCH3 is 5. The number of hydrogen-bond acceptors (Lipinski definition) is 16. The summed E-state index contributed by atoms with van der Waals surface area (Å²) in [6.45, 7) is 19.8. The number of ether oxygens (including phenoxy) is 5. The van der Waals surface area contributed by atoms with Crippen molar-refractivity contribution in [2.24, 2.45) is 0 Å². The molecule has 0 saturated carbocycles. The van der Waals surface area contributed by atoms with Crippen LogP contribution in [0.15, 0.2) is 218 Å². The van der Waals surface area contributed by atoms with Gasteiger partial charge in [-0.15, -0.1) is 0 Å². The molecule has 13 rings (SSSR count). The van der Waals surface area contributed by atoms with Gasteiger partial charge in [0.1, 0.15) is 34.6 Å². The lowest BCUT2D eigenvalue weighted by Crippen LogP contribution is -2.21. The number of aromatic amines is 1. The van der Waals surface area contributed by atoms with Crippen molar-refractivity contribution in [1.82, 2.24) is 29.1 Å². The van der Waals surface area contributed by atoms with Crippen molar-refractivity contribution in [3.8, 4) is 136 Å². The highest BCUT2D eigenvalue weighted by molar-refractivity contribution is 6.04. The van der Waals surface area contributed by atoms with Gasteiger partial charge in [-0.2, -0.15) is 0 Å². The van der Waals surface area contributed by atoms with E-state index in [1.165, 1.54) is 25.6 Å². The number of anilines is 6. The average molecular weight is 1530 g/mol. The van der Waals surface area contributed by atoms with Gasteiger partial charge in [-0.1, -0.05) is 91.0 Å². The number of phenols is 1. The maximum atomic E-state index is 14.4. The van der Waals surface area contributed by atoms with Crippen LogP contribution in [0.1, 0.15) is 56.1 Å². The average Bonchev–Trinajstić information content (AvgIpc) is 1.59. The van der Waals surface area contributed by atoms with E-state index in [4.69, 9.17) is 38.6 Å². The molecule has 0 bridgehead atoms. The zero-order chi connectivity index (χ0) is 81.6. The van der Waals surface area contributed by atoms with E-state index in [2.05, 4.69) is 201 Å². The van der Waals surface area contributed by atoms with Crippen molar-refractivity contribution in [3.05, 3.63) is 235 Å². The number of aromatic hydroxyl groups is 1. The number of nitrogens with zero attached hydrogens (tertiary/aromatic N) is 11. The van der Waals surface area contributed by atoms with Gasteiger partial charge in [0.2, 0.25) is 0 Å². The van der Waals surface area contributed by atoms with Gasteiger partial charge in [-0.05, 0) is 175 Å². The smallest absolute Gasteiger partial charge is 0.264 e.